The van der Waals surface area contributed by atoms with Gasteiger partial charge in [-0.15, -0.1) is 0 Å². The maximum atomic E-state index is 4.73. The van der Waals surface area contributed by atoms with Gasteiger partial charge in [-0.3, -0.25) is 15.0 Å². The van der Waals surface area contributed by atoms with Crippen LogP contribution in [0.1, 0.15) is 102 Å². The van der Waals surface area contributed by atoms with Crippen LogP contribution in [0.2, 0.25) is 0 Å². The summed E-state index contributed by atoms with van der Waals surface area (Å²) in [7, 11) is 0. The molecular formula is C25H43N3. The van der Waals surface area contributed by atoms with Crippen molar-refractivity contribution in [3.05, 3.63) is 29.6 Å². The van der Waals surface area contributed by atoms with E-state index < -0.39 is 0 Å². The summed E-state index contributed by atoms with van der Waals surface area (Å²) in [4.78, 5) is 13.8. The van der Waals surface area contributed by atoms with Crippen molar-refractivity contribution >= 4 is 12.4 Å². The minimum atomic E-state index is 0.832. The number of rotatable bonds is 18. The van der Waals surface area contributed by atoms with Crippen molar-refractivity contribution in [2.24, 2.45) is 9.98 Å². The first kappa shape index (κ1) is 24.5. The molecule has 0 N–H and O–H groups in total. The van der Waals surface area contributed by atoms with Crippen molar-refractivity contribution in [3.63, 3.8) is 0 Å². The van der Waals surface area contributed by atoms with Crippen LogP contribution in [-0.2, 0) is 12.8 Å². The summed E-state index contributed by atoms with van der Waals surface area (Å²) in [5, 5.41) is 0. The fourth-order valence-electron chi connectivity index (χ4n) is 3.22. The van der Waals surface area contributed by atoms with Crippen molar-refractivity contribution < 1.29 is 0 Å². The monoisotopic (exact) mass is 385 g/mol. The molecule has 28 heavy (non-hydrogen) atoms. The van der Waals surface area contributed by atoms with E-state index >= 15 is 0 Å². The van der Waals surface area contributed by atoms with E-state index in [9.17, 15) is 0 Å². The Balaban J connectivity index is 2.12. The van der Waals surface area contributed by atoms with Gasteiger partial charge in [0, 0.05) is 49.7 Å². The van der Waals surface area contributed by atoms with Crippen molar-refractivity contribution in [3.8, 4) is 0 Å². The van der Waals surface area contributed by atoms with Gasteiger partial charge in [0.2, 0.25) is 0 Å². The minimum absolute atomic E-state index is 0.832. The van der Waals surface area contributed by atoms with E-state index in [2.05, 4.69) is 42.0 Å². The third kappa shape index (κ3) is 14.5. The lowest BCUT2D eigenvalue weighted by atomic mass is 10.1. The lowest BCUT2D eigenvalue weighted by Gasteiger charge is -2.01. The zero-order valence-corrected chi connectivity index (χ0v) is 18.5. The van der Waals surface area contributed by atoms with Gasteiger partial charge in [-0.1, -0.05) is 84.1 Å². The molecule has 0 aliphatic heterocycles. The average Bonchev–Trinajstić information content (AvgIpc) is 2.72. The van der Waals surface area contributed by atoms with E-state index in [4.69, 9.17) is 4.98 Å². The van der Waals surface area contributed by atoms with Crippen molar-refractivity contribution in [2.45, 2.75) is 104 Å². The summed E-state index contributed by atoms with van der Waals surface area (Å²) in [6.45, 7) is 6.43. The molecule has 0 saturated carbocycles. The standard InChI is InChI=1S/C25H43N3/c1-3-5-7-9-11-13-20-26-22-18-24-16-15-17-25(28-24)19-23-27-21-14-12-10-8-6-4-2/h15-17,22-23H,3-14,18-21H2,1-2H3. The first-order valence-corrected chi connectivity index (χ1v) is 11.8. The van der Waals surface area contributed by atoms with Crippen LogP contribution in [0.3, 0.4) is 0 Å². The highest BCUT2D eigenvalue weighted by Gasteiger charge is 1.96. The van der Waals surface area contributed by atoms with Gasteiger partial charge < -0.3 is 0 Å². The van der Waals surface area contributed by atoms with Crippen LogP contribution >= 0.6 is 0 Å². The normalized spacial score (nSPS) is 11.8. The maximum absolute atomic E-state index is 4.73. The molecule has 0 saturated heterocycles. The molecule has 3 nitrogen and oxygen atoms in total. The van der Waals surface area contributed by atoms with E-state index in [1.807, 2.05) is 12.4 Å². The van der Waals surface area contributed by atoms with Crippen LogP contribution in [0.25, 0.3) is 0 Å². The second-order valence-electron chi connectivity index (χ2n) is 7.74. The fraction of sp³-hybridized carbons (Fsp3) is 0.720. The van der Waals surface area contributed by atoms with Gasteiger partial charge >= 0.3 is 0 Å². The number of aliphatic imine (C=N–C) groups is 2. The second-order valence-corrected chi connectivity index (χ2v) is 7.74. The highest BCUT2D eigenvalue weighted by molar-refractivity contribution is 5.62. The van der Waals surface area contributed by atoms with E-state index in [-0.39, 0.29) is 0 Å². The van der Waals surface area contributed by atoms with Gasteiger partial charge in [0.1, 0.15) is 0 Å². The van der Waals surface area contributed by atoms with E-state index in [0.29, 0.717) is 0 Å². The number of unbranched alkanes of at least 4 members (excludes halogenated alkanes) is 10. The molecule has 0 radical (unpaired) electrons. The lowest BCUT2D eigenvalue weighted by Crippen LogP contribution is -1.98. The van der Waals surface area contributed by atoms with Crippen molar-refractivity contribution in [1.29, 1.82) is 0 Å². The molecule has 1 rings (SSSR count). The Labute approximate surface area is 174 Å². The molecule has 1 aromatic heterocycles. The van der Waals surface area contributed by atoms with Gasteiger partial charge in [0.05, 0.1) is 0 Å². The molecule has 3 heteroatoms. The number of hydrogen-bond donors (Lipinski definition) is 0. The average molecular weight is 386 g/mol. The zero-order valence-electron chi connectivity index (χ0n) is 18.5. The lowest BCUT2D eigenvalue weighted by molar-refractivity contribution is 0.612. The molecule has 1 aromatic rings. The summed E-state index contributed by atoms with van der Waals surface area (Å²) >= 11 is 0. The molecule has 158 valence electrons. The fourth-order valence-corrected chi connectivity index (χ4v) is 3.22. The molecule has 0 aliphatic carbocycles. The van der Waals surface area contributed by atoms with Crippen LogP contribution in [0.15, 0.2) is 28.2 Å². The minimum Gasteiger partial charge on any atom is -0.297 e. The molecule has 0 fully saturated rings. The number of aromatic nitrogens is 1. The molecule has 1 heterocycles. The molecule has 0 unspecified atom stereocenters. The zero-order chi connectivity index (χ0) is 20.1. The van der Waals surface area contributed by atoms with Crippen LogP contribution in [-0.4, -0.2) is 30.5 Å². The molecule has 0 aliphatic rings. The summed E-state index contributed by atoms with van der Waals surface area (Å²) in [5.74, 6) is 0. The first-order chi connectivity index (χ1) is 13.9. The number of nitrogens with zero attached hydrogens (tertiary/aromatic N) is 3. The van der Waals surface area contributed by atoms with E-state index in [1.165, 1.54) is 77.0 Å². The number of hydrogen-bond acceptors (Lipinski definition) is 3. The smallest absolute Gasteiger partial charge is 0.0460 e. The third-order valence-corrected chi connectivity index (χ3v) is 5.01. The first-order valence-electron chi connectivity index (χ1n) is 11.8. The van der Waals surface area contributed by atoms with E-state index in [1.54, 1.807) is 0 Å². The quantitative estimate of drug-likeness (QED) is 0.197. The van der Waals surface area contributed by atoms with Crippen LogP contribution in [0.4, 0.5) is 0 Å². The van der Waals surface area contributed by atoms with Crippen molar-refractivity contribution in [1.82, 2.24) is 4.98 Å². The molecule has 0 atom stereocenters. The van der Waals surface area contributed by atoms with Gasteiger partial charge in [-0.2, -0.15) is 0 Å². The third-order valence-electron chi connectivity index (χ3n) is 5.01. The Morgan fingerprint density at radius 3 is 1.54 bits per heavy atom. The SMILES string of the molecule is CCCCCCCCN=CCc1cccc(CC=NCCCCCCCC)n1. The summed E-state index contributed by atoms with van der Waals surface area (Å²) in [5.41, 5.74) is 2.21. The Morgan fingerprint density at radius 2 is 1.07 bits per heavy atom. The second kappa shape index (κ2) is 18.8. The summed E-state index contributed by atoms with van der Waals surface area (Å²) in [6.07, 6.45) is 21.6. The van der Waals surface area contributed by atoms with Gasteiger partial charge in [-0.25, -0.2) is 0 Å². The highest BCUT2D eigenvalue weighted by atomic mass is 14.7. The van der Waals surface area contributed by atoms with Crippen LogP contribution < -0.4 is 0 Å². The Morgan fingerprint density at radius 1 is 0.643 bits per heavy atom. The topological polar surface area (TPSA) is 37.6 Å². The van der Waals surface area contributed by atoms with Gasteiger partial charge in [-0.05, 0) is 25.0 Å². The molecule has 0 aromatic carbocycles. The summed E-state index contributed by atoms with van der Waals surface area (Å²) < 4.78 is 0. The van der Waals surface area contributed by atoms with Crippen LogP contribution in [0, 0.1) is 0 Å². The highest BCUT2D eigenvalue weighted by Crippen LogP contribution is 2.06. The Hall–Kier alpha value is -1.51. The number of pyridine rings is 1. The molecule has 0 amide bonds. The van der Waals surface area contributed by atoms with Gasteiger partial charge in [0.25, 0.3) is 0 Å². The van der Waals surface area contributed by atoms with Crippen molar-refractivity contribution in [2.75, 3.05) is 13.1 Å². The molecular weight excluding hydrogens is 342 g/mol. The predicted molar refractivity (Wildman–Crippen MR) is 125 cm³/mol. The van der Waals surface area contributed by atoms with E-state index in [0.717, 1.165) is 37.3 Å². The molecule has 0 spiro atoms. The Kier molecular flexibility index (Phi) is 16.5. The maximum Gasteiger partial charge on any atom is 0.0460 e. The van der Waals surface area contributed by atoms with Crippen LogP contribution in [0.5, 0.6) is 0 Å². The Bertz CT molecular complexity index is 479. The van der Waals surface area contributed by atoms with Gasteiger partial charge in [0.15, 0.2) is 0 Å². The summed E-state index contributed by atoms with van der Waals surface area (Å²) in [6, 6.07) is 6.28. The largest absolute Gasteiger partial charge is 0.297 e. The predicted octanol–water partition coefficient (Wildman–Crippen LogP) is 7.03. The molecule has 0 bridgehead atoms.